The molecule has 0 radical (unpaired) electrons. The van der Waals surface area contributed by atoms with Crippen LogP contribution < -0.4 is 5.32 Å². The quantitative estimate of drug-likeness (QED) is 0.920. The van der Waals surface area contributed by atoms with Gasteiger partial charge in [-0.3, -0.25) is 4.79 Å². The lowest BCUT2D eigenvalue weighted by atomic mass is 10.0. The number of benzene rings is 1. The summed E-state index contributed by atoms with van der Waals surface area (Å²) in [5.74, 6) is 0.382. The molecule has 0 fully saturated rings. The molecule has 4 heteroatoms. The van der Waals surface area contributed by atoms with E-state index in [4.69, 9.17) is 0 Å². The second-order valence-corrected chi connectivity index (χ2v) is 5.25. The molecule has 1 N–H and O–H groups in total. The highest BCUT2D eigenvalue weighted by Crippen LogP contribution is 2.25. The third-order valence-corrected chi connectivity index (χ3v) is 3.68. The highest BCUT2D eigenvalue weighted by Gasteiger charge is 2.10. The van der Waals surface area contributed by atoms with E-state index in [-0.39, 0.29) is 5.91 Å². The Morgan fingerprint density at radius 3 is 2.50 bits per heavy atom. The van der Waals surface area contributed by atoms with Crippen LogP contribution in [0.2, 0.25) is 0 Å². The summed E-state index contributed by atoms with van der Waals surface area (Å²) >= 11 is 1.49. The number of carbonyl (C=O) groups excluding carboxylic acids is 1. The topological polar surface area (TPSA) is 42.0 Å². The fourth-order valence-corrected chi connectivity index (χ4v) is 2.46. The number of hydrogen-bond acceptors (Lipinski definition) is 3. The van der Waals surface area contributed by atoms with E-state index in [0.717, 1.165) is 10.6 Å². The van der Waals surface area contributed by atoms with Crippen LogP contribution in [0.4, 0.5) is 0 Å². The number of nitrogens with zero attached hydrogens (tertiary/aromatic N) is 1. The number of aromatic nitrogens is 1. The Bertz CT molecular complexity index is 543. The lowest BCUT2D eigenvalue weighted by Gasteiger charge is -2.05. The number of carbonyl (C=O) groups is 1. The molecule has 1 heterocycles. The number of nitrogens with one attached hydrogen (secondary N) is 1. The van der Waals surface area contributed by atoms with E-state index in [9.17, 15) is 4.79 Å². The van der Waals surface area contributed by atoms with Crippen LogP contribution in [-0.2, 0) is 0 Å². The molecular weight excluding hydrogens is 244 g/mol. The molecule has 94 valence electrons. The lowest BCUT2D eigenvalue weighted by molar-refractivity contribution is 0.0959. The molecule has 1 amide bonds. The van der Waals surface area contributed by atoms with E-state index in [2.05, 4.69) is 48.4 Å². The van der Waals surface area contributed by atoms with Crippen LogP contribution in [0.15, 0.2) is 29.6 Å². The van der Waals surface area contributed by atoms with Gasteiger partial charge in [-0.2, -0.15) is 0 Å². The predicted molar refractivity (Wildman–Crippen MR) is 75.0 cm³/mol. The summed E-state index contributed by atoms with van der Waals surface area (Å²) in [6.45, 7) is 4.34. The summed E-state index contributed by atoms with van der Waals surface area (Å²) in [7, 11) is 1.61. The van der Waals surface area contributed by atoms with Gasteiger partial charge in [0.2, 0.25) is 0 Å². The van der Waals surface area contributed by atoms with Crippen molar-refractivity contribution in [2.45, 2.75) is 19.8 Å². The number of hydrogen-bond donors (Lipinski definition) is 1. The molecule has 0 saturated heterocycles. The van der Waals surface area contributed by atoms with Crippen molar-refractivity contribution in [2.75, 3.05) is 7.05 Å². The standard InChI is InChI=1S/C14H16N2OS/c1-9(2)10-4-6-11(7-5-10)14-16-12(8-18-14)13(17)15-3/h4-9H,1-3H3,(H,15,17). The Kier molecular flexibility index (Phi) is 3.77. The molecule has 0 bridgehead atoms. The van der Waals surface area contributed by atoms with E-state index in [1.54, 1.807) is 12.4 Å². The molecule has 0 spiro atoms. The monoisotopic (exact) mass is 260 g/mol. The van der Waals surface area contributed by atoms with Crippen molar-refractivity contribution in [1.29, 1.82) is 0 Å². The fraction of sp³-hybridized carbons (Fsp3) is 0.286. The number of thiazole rings is 1. The first-order valence-electron chi connectivity index (χ1n) is 5.89. The first-order chi connectivity index (χ1) is 8.61. The van der Waals surface area contributed by atoms with Gasteiger partial charge in [0, 0.05) is 18.0 Å². The van der Waals surface area contributed by atoms with Gasteiger partial charge in [0.25, 0.3) is 5.91 Å². The molecule has 0 saturated carbocycles. The maximum Gasteiger partial charge on any atom is 0.270 e. The first-order valence-corrected chi connectivity index (χ1v) is 6.77. The summed E-state index contributed by atoms with van der Waals surface area (Å²) in [5.41, 5.74) is 2.84. The van der Waals surface area contributed by atoms with Crippen molar-refractivity contribution in [3.05, 3.63) is 40.9 Å². The van der Waals surface area contributed by atoms with Crippen LogP contribution in [0.3, 0.4) is 0 Å². The predicted octanol–water partition coefficient (Wildman–Crippen LogP) is 3.29. The van der Waals surface area contributed by atoms with Gasteiger partial charge in [-0.15, -0.1) is 11.3 Å². The SMILES string of the molecule is CNC(=O)c1csc(-c2ccc(C(C)C)cc2)n1. The smallest absolute Gasteiger partial charge is 0.270 e. The van der Waals surface area contributed by atoms with Gasteiger partial charge in [-0.05, 0) is 11.5 Å². The molecule has 2 rings (SSSR count). The highest BCUT2D eigenvalue weighted by molar-refractivity contribution is 7.13. The van der Waals surface area contributed by atoms with E-state index in [1.807, 2.05) is 0 Å². The van der Waals surface area contributed by atoms with E-state index >= 15 is 0 Å². The lowest BCUT2D eigenvalue weighted by Crippen LogP contribution is -2.17. The normalized spacial score (nSPS) is 10.7. The molecule has 2 aromatic rings. The molecule has 3 nitrogen and oxygen atoms in total. The van der Waals surface area contributed by atoms with Gasteiger partial charge >= 0.3 is 0 Å². The highest BCUT2D eigenvalue weighted by atomic mass is 32.1. The minimum absolute atomic E-state index is 0.142. The molecule has 1 aromatic carbocycles. The van der Waals surface area contributed by atoms with Gasteiger partial charge in [0.05, 0.1) is 0 Å². The summed E-state index contributed by atoms with van der Waals surface area (Å²) < 4.78 is 0. The summed E-state index contributed by atoms with van der Waals surface area (Å²) in [4.78, 5) is 15.8. The molecule has 0 unspecified atom stereocenters. The van der Waals surface area contributed by atoms with Gasteiger partial charge in [-0.25, -0.2) is 4.98 Å². The van der Waals surface area contributed by atoms with Crippen LogP contribution in [0, 0.1) is 0 Å². The van der Waals surface area contributed by atoms with E-state index in [0.29, 0.717) is 11.6 Å². The van der Waals surface area contributed by atoms with Gasteiger partial charge in [-0.1, -0.05) is 38.1 Å². The summed E-state index contributed by atoms with van der Waals surface area (Å²) in [5, 5.41) is 5.24. The van der Waals surface area contributed by atoms with E-state index in [1.165, 1.54) is 16.9 Å². The zero-order valence-corrected chi connectivity index (χ0v) is 11.5. The summed E-state index contributed by atoms with van der Waals surface area (Å²) in [6, 6.07) is 8.34. The second kappa shape index (κ2) is 5.31. The molecule has 0 atom stereocenters. The van der Waals surface area contributed by atoms with Gasteiger partial charge in [0.1, 0.15) is 10.7 Å². The first kappa shape index (κ1) is 12.8. The molecular formula is C14H16N2OS. The molecule has 1 aromatic heterocycles. The van der Waals surface area contributed by atoms with Crippen molar-refractivity contribution < 1.29 is 4.79 Å². The van der Waals surface area contributed by atoms with Crippen LogP contribution in [0.1, 0.15) is 35.8 Å². The van der Waals surface area contributed by atoms with Gasteiger partial charge < -0.3 is 5.32 Å². The Labute approximate surface area is 111 Å². The maximum absolute atomic E-state index is 11.4. The summed E-state index contributed by atoms with van der Waals surface area (Å²) in [6.07, 6.45) is 0. The minimum Gasteiger partial charge on any atom is -0.354 e. The van der Waals surface area contributed by atoms with Crippen LogP contribution in [0.25, 0.3) is 10.6 Å². The fourth-order valence-electron chi connectivity index (χ4n) is 1.65. The molecule has 18 heavy (non-hydrogen) atoms. The molecule has 0 aliphatic carbocycles. The van der Waals surface area contributed by atoms with Crippen molar-refractivity contribution in [2.24, 2.45) is 0 Å². The third kappa shape index (κ3) is 2.59. The van der Waals surface area contributed by atoms with Crippen LogP contribution >= 0.6 is 11.3 Å². The van der Waals surface area contributed by atoms with Crippen molar-refractivity contribution in [1.82, 2.24) is 10.3 Å². The zero-order valence-electron chi connectivity index (χ0n) is 10.7. The van der Waals surface area contributed by atoms with Crippen molar-refractivity contribution >= 4 is 17.2 Å². The zero-order chi connectivity index (χ0) is 13.1. The molecule has 0 aliphatic rings. The average Bonchev–Trinajstić information content (AvgIpc) is 2.87. The van der Waals surface area contributed by atoms with Crippen LogP contribution in [0.5, 0.6) is 0 Å². The maximum atomic E-state index is 11.4. The minimum atomic E-state index is -0.142. The Morgan fingerprint density at radius 1 is 1.28 bits per heavy atom. The second-order valence-electron chi connectivity index (χ2n) is 4.39. The van der Waals surface area contributed by atoms with E-state index < -0.39 is 0 Å². The Hall–Kier alpha value is -1.68. The number of rotatable bonds is 3. The third-order valence-electron chi connectivity index (χ3n) is 2.79. The average molecular weight is 260 g/mol. The van der Waals surface area contributed by atoms with Crippen LogP contribution in [-0.4, -0.2) is 17.9 Å². The molecule has 0 aliphatic heterocycles. The largest absolute Gasteiger partial charge is 0.354 e. The van der Waals surface area contributed by atoms with Gasteiger partial charge in [0.15, 0.2) is 0 Å². The Morgan fingerprint density at radius 2 is 1.94 bits per heavy atom. The van der Waals surface area contributed by atoms with Crippen molar-refractivity contribution in [3.8, 4) is 10.6 Å². The van der Waals surface area contributed by atoms with Crippen molar-refractivity contribution in [3.63, 3.8) is 0 Å². The Balaban J connectivity index is 2.26. The number of amides is 1.